The number of carbonyl (C=O) groups is 2. The van der Waals surface area contributed by atoms with Crippen LogP contribution in [0.4, 0.5) is 0 Å². The first-order chi connectivity index (χ1) is 11.1. The predicted octanol–water partition coefficient (Wildman–Crippen LogP) is 4.49. The fraction of sp³-hybridized carbons (Fsp3) is 0.222. The topological polar surface area (TPSA) is 43.4 Å². The highest BCUT2D eigenvalue weighted by atomic mass is 35.5. The zero-order valence-electron chi connectivity index (χ0n) is 12.7. The third-order valence-corrected chi connectivity index (χ3v) is 4.75. The minimum atomic E-state index is -0.478. The highest BCUT2D eigenvalue weighted by Gasteiger charge is 2.23. The van der Waals surface area contributed by atoms with E-state index >= 15 is 0 Å². The Hall–Kier alpha value is -1.78. The summed E-state index contributed by atoms with van der Waals surface area (Å²) in [5, 5.41) is 0.575. The zero-order chi connectivity index (χ0) is 16.7. The first-order valence-corrected chi connectivity index (χ1v) is 8.51. The van der Waals surface area contributed by atoms with Crippen LogP contribution in [0.2, 0.25) is 5.02 Å². The minimum Gasteiger partial charge on any atom is -0.469 e. The van der Waals surface area contributed by atoms with Gasteiger partial charge in [0.25, 0.3) is 0 Å². The smallest absolute Gasteiger partial charge is 0.309 e. The fourth-order valence-electron chi connectivity index (χ4n) is 2.07. The van der Waals surface area contributed by atoms with Crippen LogP contribution < -0.4 is 0 Å². The number of benzene rings is 2. The van der Waals surface area contributed by atoms with E-state index in [9.17, 15) is 9.59 Å². The Morgan fingerprint density at radius 3 is 2.35 bits per heavy atom. The van der Waals surface area contributed by atoms with Crippen LogP contribution in [-0.4, -0.2) is 24.6 Å². The van der Waals surface area contributed by atoms with Crippen LogP contribution in [0.1, 0.15) is 16.8 Å². The summed E-state index contributed by atoms with van der Waals surface area (Å²) in [5.74, 6) is -0.439. The molecule has 0 aliphatic heterocycles. The largest absolute Gasteiger partial charge is 0.469 e. The summed E-state index contributed by atoms with van der Waals surface area (Å²) in [6, 6.07) is 16.4. The molecule has 1 unspecified atom stereocenters. The molecule has 0 amide bonds. The Morgan fingerprint density at radius 2 is 1.74 bits per heavy atom. The summed E-state index contributed by atoms with van der Waals surface area (Å²) in [6.45, 7) is 0. The molecule has 23 heavy (non-hydrogen) atoms. The quantitative estimate of drug-likeness (QED) is 0.420. The third kappa shape index (κ3) is 5.41. The van der Waals surface area contributed by atoms with Crippen LogP contribution >= 0.6 is 23.4 Å². The molecule has 3 nitrogen and oxygen atoms in total. The molecular formula is C18H17ClO3S. The number of halogens is 1. The molecule has 2 aromatic rings. The molecule has 0 N–H and O–H groups in total. The lowest BCUT2D eigenvalue weighted by molar-refractivity contribution is -0.144. The van der Waals surface area contributed by atoms with Gasteiger partial charge in [-0.1, -0.05) is 29.8 Å². The molecule has 0 aliphatic rings. The highest BCUT2D eigenvalue weighted by molar-refractivity contribution is 7.99. The van der Waals surface area contributed by atoms with Gasteiger partial charge in [0.1, 0.15) is 0 Å². The third-order valence-electron chi connectivity index (χ3n) is 3.33. The second-order valence-electron chi connectivity index (χ2n) is 4.98. The van der Waals surface area contributed by atoms with Crippen molar-refractivity contribution < 1.29 is 14.3 Å². The molecule has 2 rings (SSSR count). The Bertz CT molecular complexity index is 656. The number of hydrogen-bond donors (Lipinski definition) is 0. The molecule has 1 atom stereocenters. The van der Waals surface area contributed by atoms with Gasteiger partial charge in [-0.15, -0.1) is 11.8 Å². The van der Waals surface area contributed by atoms with Crippen LogP contribution in [0.3, 0.4) is 0 Å². The van der Waals surface area contributed by atoms with Crippen molar-refractivity contribution >= 4 is 35.1 Å². The Morgan fingerprint density at radius 1 is 1.09 bits per heavy atom. The van der Waals surface area contributed by atoms with Crippen LogP contribution in [0.25, 0.3) is 0 Å². The fourth-order valence-corrected chi connectivity index (χ4v) is 3.19. The van der Waals surface area contributed by atoms with Crippen molar-refractivity contribution in [3.8, 4) is 0 Å². The summed E-state index contributed by atoms with van der Waals surface area (Å²) in [4.78, 5) is 25.3. The molecule has 120 valence electrons. The number of esters is 1. The van der Waals surface area contributed by atoms with Crippen molar-refractivity contribution in [2.24, 2.45) is 5.92 Å². The Balaban J connectivity index is 2.02. The normalized spacial score (nSPS) is 11.7. The Labute approximate surface area is 145 Å². The average Bonchev–Trinajstić information content (AvgIpc) is 2.59. The van der Waals surface area contributed by atoms with Gasteiger partial charge in [0.2, 0.25) is 0 Å². The molecule has 0 spiro atoms. The van der Waals surface area contributed by atoms with Crippen LogP contribution in [-0.2, 0) is 9.53 Å². The van der Waals surface area contributed by atoms with E-state index in [1.54, 1.807) is 24.3 Å². The number of carbonyl (C=O) groups excluding carboxylic acids is 2. The van der Waals surface area contributed by atoms with Crippen molar-refractivity contribution in [2.45, 2.75) is 11.3 Å². The Kier molecular flexibility index (Phi) is 6.68. The number of rotatable bonds is 7. The highest BCUT2D eigenvalue weighted by Crippen LogP contribution is 2.24. The zero-order valence-corrected chi connectivity index (χ0v) is 14.3. The molecule has 0 radical (unpaired) electrons. The maximum Gasteiger partial charge on any atom is 0.309 e. The van der Waals surface area contributed by atoms with E-state index in [-0.39, 0.29) is 18.2 Å². The average molecular weight is 349 g/mol. The summed E-state index contributed by atoms with van der Waals surface area (Å²) in [5.41, 5.74) is 0.549. The molecule has 0 aliphatic carbocycles. The standard InChI is InChI=1S/C18H17ClO3S/c1-22-18(21)14(12-23-16-5-3-2-4-6-16)11-17(20)13-7-9-15(19)10-8-13/h2-10,14H,11-12H2,1H3. The number of ether oxygens (including phenoxy) is 1. The van der Waals surface area contributed by atoms with Gasteiger partial charge < -0.3 is 4.74 Å². The summed E-state index contributed by atoms with van der Waals surface area (Å²) in [6.07, 6.45) is 0.119. The molecule has 0 bridgehead atoms. The van der Waals surface area contributed by atoms with Gasteiger partial charge in [-0.3, -0.25) is 9.59 Å². The van der Waals surface area contributed by atoms with Gasteiger partial charge in [0.15, 0.2) is 5.78 Å². The van der Waals surface area contributed by atoms with Gasteiger partial charge >= 0.3 is 5.97 Å². The van der Waals surface area contributed by atoms with Crippen LogP contribution in [0, 0.1) is 5.92 Å². The van der Waals surface area contributed by atoms with Crippen molar-refractivity contribution in [1.82, 2.24) is 0 Å². The predicted molar refractivity (Wildman–Crippen MR) is 93.1 cm³/mol. The molecule has 0 saturated heterocycles. The first kappa shape index (κ1) is 17.6. The molecule has 0 fully saturated rings. The van der Waals surface area contributed by atoms with E-state index in [0.717, 1.165) is 4.90 Å². The molecule has 5 heteroatoms. The molecule has 2 aromatic carbocycles. The van der Waals surface area contributed by atoms with E-state index in [4.69, 9.17) is 16.3 Å². The number of hydrogen-bond acceptors (Lipinski definition) is 4. The second kappa shape index (κ2) is 8.75. The SMILES string of the molecule is COC(=O)C(CSc1ccccc1)CC(=O)c1ccc(Cl)cc1. The van der Waals surface area contributed by atoms with Crippen molar-refractivity contribution in [2.75, 3.05) is 12.9 Å². The summed E-state index contributed by atoms with van der Waals surface area (Å²) >= 11 is 7.36. The molecule has 0 aromatic heterocycles. The molecule has 0 saturated carbocycles. The second-order valence-corrected chi connectivity index (χ2v) is 6.51. The van der Waals surface area contributed by atoms with E-state index in [0.29, 0.717) is 16.3 Å². The van der Waals surface area contributed by atoms with E-state index < -0.39 is 5.92 Å². The molecule has 0 heterocycles. The van der Waals surface area contributed by atoms with Crippen molar-refractivity contribution in [1.29, 1.82) is 0 Å². The van der Waals surface area contributed by atoms with Crippen molar-refractivity contribution in [3.05, 3.63) is 65.2 Å². The number of thioether (sulfide) groups is 1. The first-order valence-electron chi connectivity index (χ1n) is 7.14. The van der Waals surface area contributed by atoms with Gasteiger partial charge in [0.05, 0.1) is 13.0 Å². The van der Waals surface area contributed by atoms with E-state index in [1.807, 2.05) is 30.3 Å². The maximum absolute atomic E-state index is 12.3. The lowest BCUT2D eigenvalue weighted by Crippen LogP contribution is -2.22. The summed E-state index contributed by atoms with van der Waals surface area (Å²) in [7, 11) is 1.34. The minimum absolute atomic E-state index is 0.0919. The number of Topliss-reactive ketones (excluding diaryl/α,β-unsaturated/α-hetero) is 1. The number of ketones is 1. The van der Waals surface area contributed by atoms with Gasteiger partial charge in [-0.2, -0.15) is 0 Å². The monoisotopic (exact) mass is 348 g/mol. The van der Waals surface area contributed by atoms with Crippen molar-refractivity contribution in [3.63, 3.8) is 0 Å². The molecular weight excluding hydrogens is 332 g/mol. The van der Waals surface area contributed by atoms with Crippen LogP contribution in [0.5, 0.6) is 0 Å². The number of methoxy groups -OCH3 is 1. The van der Waals surface area contributed by atoms with Crippen LogP contribution in [0.15, 0.2) is 59.5 Å². The maximum atomic E-state index is 12.3. The lowest BCUT2D eigenvalue weighted by atomic mass is 10.00. The van der Waals surface area contributed by atoms with Gasteiger partial charge in [0, 0.05) is 27.7 Å². The van der Waals surface area contributed by atoms with E-state index in [1.165, 1.54) is 18.9 Å². The van der Waals surface area contributed by atoms with Gasteiger partial charge in [-0.05, 0) is 36.4 Å². The van der Waals surface area contributed by atoms with E-state index in [2.05, 4.69) is 0 Å². The lowest BCUT2D eigenvalue weighted by Gasteiger charge is -2.13. The summed E-state index contributed by atoms with van der Waals surface area (Å²) < 4.78 is 4.83. The van der Waals surface area contributed by atoms with Gasteiger partial charge in [-0.25, -0.2) is 0 Å².